The quantitative estimate of drug-likeness (QED) is 0.666. The van der Waals surface area contributed by atoms with E-state index in [1.165, 1.54) is 37.3 Å². The molecule has 2 N–H and O–H groups in total. The number of H-pyrrole nitrogens is 1. The lowest BCUT2D eigenvalue weighted by molar-refractivity contribution is 0.409. The van der Waals surface area contributed by atoms with E-state index in [2.05, 4.69) is 16.6 Å². The number of halogens is 1. The van der Waals surface area contributed by atoms with Gasteiger partial charge in [-0.2, -0.15) is 0 Å². The highest BCUT2D eigenvalue weighted by Gasteiger charge is 2.16. The summed E-state index contributed by atoms with van der Waals surface area (Å²) < 4.78 is 13.8. The van der Waals surface area contributed by atoms with Crippen LogP contribution in [0.2, 0.25) is 0 Å². The molecule has 0 fully saturated rings. The third kappa shape index (κ3) is 3.03. The molecule has 22 heavy (non-hydrogen) atoms. The zero-order valence-electron chi connectivity index (χ0n) is 11.8. The van der Waals surface area contributed by atoms with Crippen molar-refractivity contribution in [2.45, 2.75) is 13.5 Å². The van der Waals surface area contributed by atoms with Gasteiger partial charge in [-0.25, -0.2) is 9.18 Å². The third-order valence-corrected chi connectivity index (χ3v) is 2.97. The molecule has 0 unspecified atom stereocenters. The van der Waals surface area contributed by atoms with Gasteiger partial charge in [0, 0.05) is 6.54 Å². The largest absolute Gasteiger partial charge is 0.494 e. The second-order valence-electron chi connectivity index (χ2n) is 4.53. The van der Waals surface area contributed by atoms with Crippen molar-refractivity contribution in [1.29, 1.82) is 0 Å². The van der Waals surface area contributed by atoms with Crippen molar-refractivity contribution < 1.29 is 9.50 Å². The van der Waals surface area contributed by atoms with E-state index in [1.807, 2.05) is 0 Å². The first-order valence-corrected chi connectivity index (χ1v) is 6.42. The fraction of sp³-hybridized carbons (Fsp3) is 0.133. The van der Waals surface area contributed by atoms with E-state index in [9.17, 15) is 19.1 Å². The number of aliphatic imine (C=N–C) groups is 1. The standard InChI is InChI=1S/C15H14FN3O3/c1-3-8-19-14(21)12(13(20)18-15(19)22)9(2)17-11-6-4-10(16)5-7-11/h3-7,21H,1,8H2,2H3,(H,18,20,22). The van der Waals surface area contributed by atoms with Crippen molar-refractivity contribution in [3.63, 3.8) is 0 Å². The maximum absolute atomic E-state index is 12.9. The number of nitrogens with zero attached hydrogens (tertiary/aromatic N) is 2. The molecule has 0 saturated heterocycles. The van der Waals surface area contributed by atoms with E-state index in [0.29, 0.717) is 5.69 Å². The average molecular weight is 303 g/mol. The van der Waals surface area contributed by atoms with Gasteiger partial charge in [-0.3, -0.25) is 19.3 Å². The molecule has 2 aromatic rings. The maximum Gasteiger partial charge on any atom is 0.331 e. The van der Waals surface area contributed by atoms with Gasteiger partial charge in [-0.1, -0.05) is 6.08 Å². The minimum Gasteiger partial charge on any atom is -0.494 e. The molecule has 2 rings (SSSR count). The number of hydrogen-bond donors (Lipinski definition) is 2. The number of aromatic amines is 1. The predicted octanol–water partition coefficient (Wildman–Crippen LogP) is 1.71. The summed E-state index contributed by atoms with van der Waals surface area (Å²) in [4.78, 5) is 29.8. The molecule has 1 heterocycles. The lowest BCUT2D eigenvalue weighted by atomic mass is 10.2. The summed E-state index contributed by atoms with van der Waals surface area (Å²) in [5, 5.41) is 10.1. The molecule has 0 spiro atoms. The Hall–Kier alpha value is -2.96. The SMILES string of the molecule is C=CCn1c(O)c(C(C)=Nc2ccc(F)cc2)c(=O)[nH]c1=O. The van der Waals surface area contributed by atoms with Crippen molar-refractivity contribution in [3.05, 3.63) is 69.1 Å². The summed E-state index contributed by atoms with van der Waals surface area (Å²) in [7, 11) is 0. The second kappa shape index (κ2) is 6.21. The van der Waals surface area contributed by atoms with Gasteiger partial charge >= 0.3 is 5.69 Å². The van der Waals surface area contributed by atoms with Crippen molar-refractivity contribution >= 4 is 11.4 Å². The summed E-state index contributed by atoms with van der Waals surface area (Å²) in [5.74, 6) is -0.895. The fourth-order valence-corrected chi connectivity index (χ4v) is 1.95. The molecular weight excluding hydrogens is 289 g/mol. The van der Waals surface area contributed by atoms with Gasteiger partial charge in [-0.05, 0) is 31.2 Å². The molecule has 1 aromatic heterocycles. The Labute approximate surface area is 124 Å². The van der Waals surface area contributed by atoms with Gasteiger partial charge in [0.05, 0.1) is 11.4 Å². The Morgan fingerprint density at radius 3 is 2.64 bits per heavy atom. The van der Waals surface area contributed by atoms with Gasteiger partial charge in [0.1, 0.15) is 11.4 Å². The molecule has 7 heteroatoms. The first-order valence-electron chi connectivity index (χ1n) is 6.42. The van der Waals surface area contributed by atoms with Crippen molar-refractivity contribution in [1.82, 2.24) is 9.55 Å². The van der Waals surface area contributed by atoms with Crippen LogP contribution in [0.15, 0.2) is 51.5 Å². The van der Waals surface area contributed by atoms with E-state index >= 15 is 0 Å². The first kappa shape index (κ1) is 15.4. The third-order valence-electron chi connectivity index (χ3n) is 2.97. The number of nitrogens with one attached hydrogen (secondary N) is 1. The molecule has 0 amide bonds. The van der Waals surface area contributed by atoms with Crippen LogP contribution >= 0.6 is 0 Å². The van der Waals surface area contributed by atoms with Gasteiger partial charge in [-0.15, -0.1) is 6.58 Å². The van der Waals surface area contributed by atoms with Gasteiger partial charge < -0.3 is 5.11 Å². The van der Waals surface area contributed by atoms with E-state index in [0.717, 1.165) is 4.57 Å². The van der Waals surface area contributed by atoms with Crippen molar-refractivity contribution in [2.75, 3.05) is 0 Å². The molecular formula is C15H14FN3O3. The van der Waals surface area contributed by atoms with Crippen LogP contribution in [0.25, 0.3) is 0 Å². The van der Waals surface area contributed by atoms with Crippen molar-refractivity contribution in [2.24, 2.45) is 4.99 Å². The van der Waals surface area contributed by atoms with Crippen LogP contribution in [-0.2, 0) is 6.54 Å². The Bertz CT molecular complexity index is 848. The number of rotatable bonds is 4. The fourth-order valence-electron chi connectivity index (χ4n) is 1.95. The highest BCUT2D eigenvalue weighted by molar-refractivity contribution is 6.01. The van der Waals surface area contributed by atoms with Crippen LogP contribution in [0.3, 0.4) is 0 Å². The number of aromatic hydroxyl groups is 1. The zero-order chi connectivity index (χ0) is 16.3. The molecule has 114 valence electrons. The molecule has 0 aliphatic rings. The lowest BCUT2D eigenvalue weighted by Crippen LogP contribution is -2.33. The molecule has 0 aliphatic carbocycles. The van der Waals surface area contributed by atoms with E-state index in [1.54, 1.807) is 0 Å². The average Bonchev–Trinajstić information content (AvgIpc) is 2.45. The normalized spacial score (nSPS) is 11.5. The second-order valence-corrected chi connectivity index (χ2v) is 4.53. The summed E-state index contributed by atoms with van der Waals surface area (Å²) in [6, 6.07) is 5.33. The minimum atomic E-state index is -0.744. The maximum atomic E-state index is 12.9. The lowest BCUT2D eigenvalue weighted by Gasteiger charge is -2.09. The monoisotopic (exact) mass is 303 g/mol. The Kier molecular flexibility index (Phi) is 4.36. The Morgan fingerprint density at radius 1 is 1.41 bits per heavy atom. The van der Waals surface area contributed by atoms with Crippen molar-refractivity contribution in [3.8, 4) is 5.88 Å². The van der Waals surface area contributed by atoms with E-state index < -0.39 is 22.9 Å². The highest BCUT2D eigenvalue weighted by Crippen LogP contribution is 2.17. The number of aromatic nitrogens is 2. The minimum absolute atomic E-state index is 0.0400. The van der Waals surface area contributed by atoms with Gasteiger partial charge in [0.25, 0.3) is 5.56 Å². The van der Waals surface area contributed by atoms with E-state index in [4.69, 9.17) is 0 Å². The first-order chi connectivity index (χ1) is 10.4. The molecule has 0 bridgehead atoms. The van der Waals surface area contributed by atoms with E-state index in [-0.39, 0.29) is 17.8 Å². The Morgan fingerprint density at radius 2 is 2.05 bits per heavy atom. The van der Waals surface area contributed by atoms with Gasteiger partial charge in [0.2, 0.25) is 5.88 Å². The number of benzene rings is 1. The molecule has 0 radical (unpaired) electrons. The van der Waals surface area contributed by atoms with Crippen LogP contribution in [0.5, 0.6) is 5.88 Å². The number of hydrogen-bond acceptors (Lipinski definition) is 4. The summed E-state index contributed by atoms with van der Waals surface area (Å²) >= 11 is 0. The molecule has 0 saturated carbocycles. The smallest absolute Gasteiger partial charge is 0.331 e. The summed E-state index contributed by atoms with van der Waals surface area (Å²) in [6.45, 7) is 5.03. The Balaban J connectivity index is 2.58. The van der Waals surface area contributed by atoms with Gasteiger partial charge in [0.15, 0.2) is 0 Å². The highest BCUT2D eigenvalue weighted by atomic mass is 19.1. The zero-order valence-corrected chi connectivity index (χ0v) is 11.8. The van der Waals surface area contributed by atoms with Crippen LogP contribution in [0.1, 0.15) is 12.5 Å². The molecule has 0 atom stereocenters. The summed E-state index contributed by atoms with van der Waals surface area (Å²) in [6.07, 6.45) is 1.41. The number of allylic oxidation sites excluding steroid dienone is 1. The molecule has 0 aliphatic heterocycles. The van der Waals surface area contributed by atoms with Crippen LogP contribution in [-0.4, -0.2) is 20.4 Å². The predicted molar refractivity (Wildman–Crippen MR) is 81.5 cm³/mol. The van der Waals surface area contributed by atoms with Crippen LogP contribution in [0, 0.1) is 5.82 Å². The summed E-state index contributed by atoms with van der Waals surface area (Å²) in [5.41, 5.74) is -0.986. The molecule has 6 nitrogen and oxygen atoms in total. The topological polar surface area (TPSA) is 87.4 Å². The molecule has 1 aromatic carbocycles. The van der Waals surface area contributed by atoms with Crippen LogP contribution < -0.4 is 11.2 Å². The van der Waals surface area contributed by atoms with Crippen LogP contribution in [0.4, 0.5) is 10.1 Å².